The average Bonchev–Trinajstić information content (AvgIpc) is 3.26. The summed E-state index contributed by atoms with van der Waals surface area (Å²) in [6.07, 6.45) is 0. The molecule has 0 aliphatic carbocycles. The van der Waals surface area contributed by atoms with E-state index >= 15 is 0 Å². The molecule has 4 aromatic rings. The predicted molar refractivity (Wildman–Crippen MR) is 134 cm³/mol. The summed E-state index contributed by atoms with van der Waals surface area (Å²) in [6.45, 7) is 2.27. The molecule has 0 saturated carbocycles. The Bertz CT molecular complexity index is 1300. The summed E-state index contributed by atoms with van der Waals surface area (Å²) in [5, 5.41) is 12.1. The first-order chi connectivity index (χ1) is 16.6. The highest BCUT2D eigenvalue weighted by molar-refractivity contribution is 8.00. The maximum absolute atomic E-state index is 13.4. The average molecular weight is 492 g/mol. The van der Waals surface area contributed by atoms with Crippen LogP contribution in [0.25, 0.3) is 0 Å². The molecule has 3 aromatic carbocycles. The fraction of sp³-hybridized carbons (Fsp3) is 0.160. The van der Waals surface area contributed by atoms with Gasteiger partial charge in [0, 0.05) is 0 Å². The highest BCUT2D eigenvalue weighted by Crippen LogP contribution is 2.38. The Labute approximate surface area is 206 Å². The molecule has 7 nitrogen and oxygen atoms in total. The minimum Gasteiger partial charge on any atom is -0.486 e. The summed E-state index contributed by atoms with van der Waals surface area (Å²) in [5.41, 5.74) is 6.14. The second kappa shape index (κ2) is 9.79. The SMILES string of the molecule is Cc1ccc([C@H]2Nn3c(COc4ccccc4)nnc3S[C@@H]2C(=O)Nc2ccccc2Cl)cc1. The smallest absolute Gasteiger partial charge is 0.240 e. The van der Waals surface area contributed by atoms with Gasteiger partial charge in [0.05, 0.1) is 16.8 Å². The molecule has 2 atom stereocenters. The van der Waals surface area contributed by atoms with Crippen molar-refractivity contribution >= 4 is 35.0 Å². The monoisotopic (exact) mass is 491 g/mol. The van der Waals surface area contributed by atoms with Crippen LogP contribution in [0.3, 0.4) is 0 Å². The molecule has 34 heavy (non-hydrogen) atoms. The summed E-state index contributed by atoms with van der Waals surface area (Å²) < 4.78 is 7.68. The number of para-hydroxylation sites is 2. The third-order valence-corrected chi connectivity index (χ3v) is 6.99. The largest absolute Gasteiger partial charge is 0.486 e. The van der Waals surface area contributed by atoms with Crippen LogP contribution in [0, 0.1) is 6.92 Å². The van der Waals surface area contributed by atoms with Crippen molar-refractivity contribution in [3.8, 4) is 5.75 Å². The van der Waals surface area contributed by atoms with Crippen molar-refractivity contribution in [2.24, 2.45) is 0 Å². The number of thioether (sulfide) groups is 1. The van der Waals surface area contributed by atoms with Crippen molar-refractivity contribution in [3.63, 3.8) is 0 Å². The Morgan fingerprint density at radius 2 is 1.79 bits per heavy atom. The molecule has 0 bridgehead atoms. The van der Waals surface area contributed by atoms with E-state index in [-0.39, 0.29) is 18.6 Å². The van der Waals surface area contributed by atoms with Crippen LogP contribution in [-0.2, 0) is 11.4 Å². The van der Waals surface area contributed by atoms with Gasteiger partial charge in [-0.1, -0.05) is 83.5 Å². The Morgan fingerprint density at radius 1 is 1.06 bits per heavy atom. The van der Waals surface area contributed by atoms with Crippen molar-refractivity contribution in [2.75, 3.05) is 10.7 Å². The molecular formula is C25H22ClN5O2S. The summed E-state index contributed by atoms with van der Waals surface area (Å²) in [5.74, 6) is 1.19. The van der Waals surface area contributed by atoms with Crippen LogP contribution in [-0.4, -0.2) is 26.0 Å². The van der Waals surface area contributed by atoms with Crippen molar-refractivity contribution in [1.82, 2.24) is 14.9 Å². The minimum atomic E-state index is -0.501. The predicted octanol–water partition coefficient (Wildman–Crippen LogP) is 5.22. The van der Waals surface area contributed by atoms with E-state index < -0.39 is 5.25 Å². The maximum atomic E-state index is 13.4. The number of carbonyl (C=O) groups is 1. The normalized spacial score (nSPS) is 16.9. The number of amides is 1. The van der Waals surface area contributed by atoms with Gasteiger partial charge in [-0.05, 0) is 36.8 Å². The number of halogens is 1. The third-order valence-electron chi connectivity index (χ3n) is 5.44. The second-order valence-corrected chi connectivity index (χ2v) is 9.38. The molecule has 2 N–H and O–H groups in total. The molecule has 9 heteroatoms. The van der Waals surface area contributed by atoms with Crippen LogP contribution in [0.5, 0.6) is 5.75 Å². The number of ether oxygens (including phenoxy) is 1. The van der Waals surface area contributed by atoms with Crippen molar-refractivity contribution < 1.29 is 9.53 Å². The minimum absolute atomic E-state index is 0.174. The van der Waals surface area contributed by atoms with Crippen LogP contribution in [0.2, 0.25) is 5.02 Å². The number of hydrogen-bond donors (Lipinski definition) is 2. The van der Waals surface area contributed by atoms with E-state index in [4.69, 9.17) is 16.3 Å². The van der Waals surface area contributed by atoms with Gasteiger partial charge < -0.3 is 15.5 Å². The zero-order valence-corrected chi connectivity index (χ0v) is 19.9. The lowest BCUT2D eigenvalue weighted by molar-refractivity contribution is -0.116. The molecule has 5 rings (SSSR count). The van der Waals surface area contributed by atoms with E-state index in [0.29, 0.717) is 21.7 Å². The Kier molecular flexibility index (Phi) is 6.42. The molecule has 1 aromatic heterocycles. The van der Waals surface area contributed by atoms with E-state index in [1.165, 1.54) is 11.8 Å². The number of nitrogens with one attached hydrogen (secondary N) is 2. The second-order valence-electron chi connectivity index (χ2n) is 7.86. The van der Waals surface area contributed by atoms with Gasteiger partial charge in [-0.25, -0.2) is 4.68 Å². The standard InChI is InChI=1S/C25H22ClN5O2S/c1-16-11-13-17(14-12-16)22-23(24(32)27-20-10-6-5-9-19(20)26)34-25-29-28-21(31(25)30-22)15-33-18-7-3-2-4-8-18/h2-14,22-23,30H,15H2,1H3,(H,27,32)/t22-,23+/m1/s1. The van der Waals surface area contributed by atoms with Gasteiger partial charge in [0.1, 0.15) is 17.6 Å². The lowest BCUT2D eigenvalue weighted by Crippen LogP contribution is -2.41. The lowest BCUT2D eigenvalue weighted by Gasteiger charge is -2.33. The Morgan fingerprint density at radius 3 is 2.56 bits per heavy atom. The van der Waals surface area contributed by atoms with Crippen molar-refractivity contribution in [1.29, 1.82) is 0 Å². The first kappa shape index (κ1) is 22.3. The fourth-order valence-electron chi connectivity index (χ4n) is 3.65. The molecule has 2 heterocycles. The topological polar surface area (TPSA) is 81.1 Å². The number of hydrogen-bond acceptors (Lipinski definition) is 6. The molecule has 0 unspecified atom stereocenters. The zero-order valence-electron chi connectivity index (χ0n) is 18.3. The van der Waals surface area contributed by atoms with Gasteiger partial charge in [0.2, 0.25) is 11.1 Å². The van der Waals surface area contributed by atoms with Gasteiger partial charge in [-0.15, -0.1) is 10.2 Å². The number of nitrogens with zero attached hydrogens (tertiary/aromatic N) is 3. The first-order valence-corrected chi connectivity index (χ1v) is 12.0. The number of carbonyl (C=O) groups excluding carboxylic acids is 1. The van der Waals surface area contributed by atoms with Crippen molar-refractivity contribution in [3.05, 3.63) is 101 Å². The van der Waals surface area contributed by atoms with Crippen LogP contribution in [0.4, 0.5) is 5.69 Å². The van der Waals surface area contributed by atoms with Crippen molar-refractivity contribution in [2.45, 2.75) is 30.0 Å². The summed E-state index contributed by atoms with van der Waals surface area (Å²) >= 11 is 7.63. The van der Waals surface area contributed by atoms with E-state index in [9.17, 15) is 4.79 Å². The molecule has 0 spiro atoms. The van der Waals surface area contributed by atoms with Crippen LogP contribution < -0.4 is 15.5 Å². The fourth-order valence-corrected chi connectivity index (χ4v) is 4.93. The van der Waals surface area contributed by atoms with Crippen LogP contribution in [0.15, 0.2) is 84.0 Å². The van der Waals surface area contributed by atoms with Crippen LogP contribution in [0.1, 0.15) is 23.0 Å². The van der Waals surface area contributed by atoms with Crippen LogP contribution >= 0.6 is 23.4 Å². The molecule has 0 radical (unpaired) electrons. The number of anilines is 1. The van der Waals surface area contributed by atoms with Gasteiger partial charge in [0.15, 0.2) is 5.82 Å². The molecule has 172 valence electrons. The highest BCUT2D eigenvalue weighted by atomic mass is 35.5. The molecular weight excluding hydrogens is 470 g/mol. The van der Waals surface area contributed by atoms with E-state index in [1.54, 1.807) is 16.8 Å². The van der Waals surface area contributed by atoms with Gasteiger partial charge >= 0.3 is 0 Å². The van der Waals surface area contributed by atoms with Gasteiger partial charge in [-0.2, -0.15) is 0 Å². The summed E-state index contributed by atoms with van der Waals surface area (Å²) in [6, 6.07) is 24.5. The number of fused-ring (bicyclic) bond motifs is 1. The number of rotatable bonds is 6. The highest BCUT2D eigenvalue weighted by Gasteiger charge is 2.38. The lowest BCUT2D eigenvalue weighted by atomic mass is 10.0. The number of aryl methyl sites for hydroxylation is 1. The third kappa shape index (κ3) is 4.73. The number of aromatic nitrogens is 3. The molecule has 1 aliphatic rings. The summed E-state index contributed by atoms with van der Waals surface area (Å²) in [4.78, 5) is 13.4. The van der Waals surface area contributed by atoms with E-state index in [0.717, 1.165) is 16.9 Å². The molecule has 1 amide bonds. The molecule has 0 saturated heterocycles. The van der Waals surface area contributed by atoms with Gasteiger partial charge in [-0.3, -0.25) is 4.79 Å². The first-order valence-electron chi connectivity index (χ1n) is 10.8. The molecule has 0 fully saturated rings. The Hall–Kier alpha value is -3.49. The number of benzene rings is 3. The van der Waals surface area contributed by atoms with E-state index in [1.807, 2.05) is 73.7 Å². The molecule has 1 aliphatic heterocycles. The quantitative estimate of drug-likeness (QED) is 0.385. The maximum Gasteiger partial charge on any atom is 0.240 e. The van der Waals surface area contributed by atoms with Gasteiger partial charge in [0.25, 0.3) is 0 Å². The van der Waals surface area contributed by atoms with E-state index in [2.05, 4.69) is 20.9 Å². The Balaban J connectivity index is 1.43. The summed E-state index contributed by atoms with van der Waals surface area (Å²) in [7, 11) is 0. The zero-order chi connectivity index (χ0) is 23.5.